The molecule has 1 nitrogen and oxygen atoms in total. The van der Waals surface area contributed by atoms with E-state index in [9.17, 15) is 0 Å². The molecule has 1 heteroatoms. The van der Waals surface area contributed by atoms with Crippen molar-refractivity contribution >= 4 is 0 Å². The van der Waals surface area contributed by atoms with Crippen molar-refractivity contribution in [1.82, 2.24) is 5.32 Å². The largest absolute Gasteiger partial charge is 0.314 e. The lowest BCUT2D eigenvalue weighted by molar-refractivity contribution is 0.264. The van der Waals surface area contributed by atoms with Gasteiger partial charge in [0, 0.05) is 6.04 Å². The fourth-order valence-corrected chi connectivity index (χ4v) is 3.04. The maximum atomic E-state index is 3.65. The molecule has 1 N–H and O–H groups in total. The van der Waals surface area contributed by atoms with Crippen LogP contribution in [0, 0.1) is 11.8 Å². The molecule has 0 radical (unpaired) electrons. The molecule has 1 aliphatic rings. The third kappa shape index (κ3) is 5.34. The van der Waals surface area contributed by atoms with E-state index in [2.05, 4.69) is 26.1 Å². The van der Waals surface area contributed by atoms with E-state index in [1.165, 1.54) is 57.9 Å². The average Bonchev–Trinajstić information content (AvgIpc) is 2.52. The van der Waals surface area contributed by atoms with Crippen LogP contribution in [0.2, 0.25) is 0 Å². The first-order valence-corrected chi connectivity index (χ1v) is 7.47. The Morgan fingerprint density at radius 1 is 1.06 bits per heavy atom. The fourth-order valence-electron chi connectivity index (χ4n) is 3.04. The van der Waals surface area contributed by atoms with Gasteiger partial charge in [-0.1, -0.05) is 65.7 Å². The second kappa shape index (κ2) is 8.11. The van der Waals surface area contributed by atoms with Gasteiger partial charge < -0.3 is 5.32 Å². The van der Waals surface area contributed by atoms with Crippen molar-refractivity contribution in [3.05, 3.63) is 0 Å². The highest BCUT2D eigenvalue weighted by Gasteiger charge is 2.21. The van der Waals surface area contributed by atoms with E-state index in [1.807, 2.05) is 0 Å². The van der Waals surface area contributed by atoms with Crippen LogP contribution in [0.4, 0.5) is 0 Å². The van der Waals surface area contributed by atoms with Gasteiger partial charge in [-0.15, -0.1) is 0 Å². The zero-order valence-electron chi connectivity index (χ0n) is 11.6. The number of rotatable bonds is 6. The van der Waals surface area contributed by atoms with Crippen molar-refractivity contribution in [2.45, 2.75) is 78.2 Å². The van der Waals surface area contributed by atoms with Gasteiger partial charge in [0.25, 0.3) is 0 Å². The summed E-state index contributed by atoms with van der Waals surface area (Å²) in [7, 11) is 0. The zero-order valence-corrected chi connectivity index (χ0v) is 11.6. The van der Waals surface area contributed by atoms with E-state index >= 15 is 0 Å². The lowest BCUT2D eigenvalue weighted by Crippen LogP contribution is -2.32. The molecular formula is C15H31N. The van der Waals surface area contributed by atoms with Gasteiger partial charge in [-0.3, -0.25) is 0 Å². The molecule has 1 saturated carbocycles. The van der Waals surface area contributed by atoms with E-state index in [4.69, 9.17) is 0 Å². The summed E-state index contributed by atoms with van der Waals surface area (Å²) in [5.74, 6) is 1.94. The fraction of sp³-hybridized carbons (Fsp3) is 1.00. The zero-order chi connectivity index (χ0) is 11.8. The molecule has 16 heavy (non-hydrogen) atoms. The van der Waals surface area contributed by atoms with Crippen molar-refractivity contribution in [2.75, 3.05) is 6.54 Å². The molecule has 0 saturated heterocycles. The highest BCUT2D eigenvalue weighted by atomic mass is 14.9. The van der Waals surface area contributed by atoms with Crippen LogP contribution in [-0.2, 0) is 0 Å². The van der Waals surface area contributed by atoms with E-state index in [0.717, 1.165) is 11.8 Å². The molecule has 0 aromatic carbocycles. The topological polar surface area (TPSA) is 12.0 Å². The van der Waals surface area contributed by atoms with Gasteiger partial charge in [0.05, 0.1) is 0 Å². The number of nitrogens with one attached hydrogen (secondary N) is 1. The summed E-state index contributed by atoms with van der Waals surface area (Å²) < 4.78 is 0. The first kappa shape index (κ1) is 14.0. The Bertz CT molecular complexity index is 157. The van der Waals surface area contributed by atoms with Crippen LogP contribution in [0.25, 0.3) is 0 Å². The molecule has 1 atom stereocenters. The molecule has 0 aliphatic heterocycles. The highest BCUT2D eigenvalue weighted by molar-refractivity contribution is 4.75. The summed E-state index contributed by atoms with van der Waals surface area (Å²) in [6.07, 6.45) is 11.7. The minimum absolute atomic E-state index is 0.644. The molecule has 1 unspecified atom stereocenters. The number of hydrogen-bond acceptors (Lipinski definition) is 1. The lowest BCUT2D eigenvalue weighted by atomic mass is 9.83. The summed E-state index contributed by atoms with van der Waals surface area (Å²) in [5.41, 5.74) is 0. The average molecular weight is 225 g/mol. The second-order valence-corrected chi connectivity index (χ2v) is 5.86. The summed E-state index contributed by atoms with van der Waals surface area (Å²) in [5, 5.41) is 3.65. The van der Waals surface area contributed by atoms with E-state index in [-0.39, 0.29) is 0 Å². The van der Waals surface area contributed by atoms with Gasteiger partial charge in [-0.05, 0) is 24.8 Å². The van der Waals surface area contributed by atoms with Crippen LogP contribution in [0.15, 0.2) is 0 Å². The van der Waals surface area contributed by atoms with Gasteiger partial charge in [-0.2, -0.15) is 0 Å². The lowest BCUT2D eigenvalue weighted by Gasteiger charge is -2.27. The molecule has 96 valence electrons. The van der Waals surface area contributed by atoms with Gasteiger partial charge in [-0.25, -0.2) is 0 Å². The van der Waals surface area contributed by atoms with E-state index in [0.29, 0.717) is 6.04 Å². The molecule has 0 aromatic rings. The first-order valence-electron chi connectivity index (χ1n) is 7.47. The Hall–Kier alpha value is -0.0400. The SMILES string of the molecule is CCCC(CNC(C)C)C1CCCCCC1. The highest BCUT2D eigenvalue weighted by Crippen LogP contribution is 2.31. The molecule has 1 rings (SSSR count). The summed E-state index contributed by atoms with van der Waals surface area (Å²) in [4.78, 5) is 0. The Morgan fingerprint density at radius 2 is 1.69 bits per heavy atom. The molecule has 0 bridgehead atoms. The van der Waals surface area contributed by atoms with Crippen LogP contribution in [0.3, 0.4) is 0 Å². The molecular weight excluding hydrogens is 194 g/mol. The minimum Gasteiger partial charge on any atom is -0.314 e. The van der Waals surface area contributed by atoms with Crippen molar-refractivity contribution < 1.29 is 0 Å². The van der Waals surface area contributed by atoms with Crippen molar-refractivity contribution in [1.29, 1.82) is 0 Å². The molecule has 0 aromatic heterocycles. The van der Waals surface area contributed by atoms with Crippen molar-refractivity contribution in [3.63, 3.8) is 0 Å². The van der Waals surface area contributed by atoms with Gasteiger partial charge >= 0.3 is 0 Å². The standard InChI is InChI=1S/C15H31N/c1-4-9-15(12-16-13(2)3)14-10-7-5-6-8-11-14/h13-16H,4-12H2,1-3H3. The molecule has 0 heterocycles. The first-order chi connectivity index (χ1) is 7.74. The van der Waals surface area contributed by atoms with Crippen molar-refractivity contribution in [2.24, 2.45) is 11.8 Å². The van der Waals surface area contributed by atoms with Crippen LogP contribution >= 0.6 is 0 Å². The third-order valence-corrected chi connectivity index (χ3v) is 4.01. The maximum absolute atomic E-state index is 3.65. The Balaban J connectivity index is 2.39. The molecule has 1 aliphatic carbocycles. The maximum Gasteiger partial charge on any atom is 0.00104 e. The predicted molar refractivity (Wildman–Crippen MR) is 72.7 cm³/mol. The minimum atomic E-state index is 0.644. The van der Waals surface area contributed by atoms with Crippen LogP contribution in [-0.4, -0.2) is 12.6 Å². The predicted octanol–water partition coefficient (Wildman–Crippen LogP) is 4.37. The molecule has 0 spiro atoms. The number of hydrogen-bond donors (Lipinski definition) is 1. The Kier molecular flexibility index (Phi) is 7.11. The van der Waals surface area contributed by atoms with Crippen LogP contribution in [0.1, 0.15) is 72.1 Å². The van der Waals surface area contributed by atoms with E-state index in [1.54, 1.807) is 0 Å². The quantitative estimate of drug-likeness (QED) is 0.662. The molecule has 1 fully saturated rings. The summed E-state index contributed by atoms with van der Waals surface area (Å²) in [6.45, 7) is 8.10. The van der Waals surface area contributed by atoms with Gasteiger partial charge in [0.1, 0.15) is 0 Å². The summed E-state index contributed by atoms with van der Waals surface area (Å²) in [6, 6.07) is 0.644. The third-order valence-electron chi connectivity index (χ3n) is 4.01. The monoisotopic (exact) mass is 225 g/mol. The van der Waals surface area contributed by atoms with Crippen LogP contribution in [0.5, 0.6) is 0 Å². The van der Waals surface area contributed by atoms with Gasteiger partial charge in [0.15, 0.2) is 0 Å². The van der Waals surface area contributed by atoms with Crippen LogP contribution < -0.4 is 5.32 Å². The second-order valence-electron chi connectivity index (χ2n) is 5.86. The molecule has 0 amide bonds. The van der Waals surface area contributed by atoms with Gasteiger partial charge in [0.2, 0.25) is 0 Å². The summed E-state index contributed by atoms with van der Waals surface area (Å²) >= 11 is 0. The van der Waals surface area contributed by atoms with E-state index < -0.39 is 0 Å². The Labute approximate surface area is 102 Å². The normalized spacial score (nSPS) is 21.0. The smallest absolute Gasteiger partial charge is 0.00104 e. The Morgan fingerprint density at radius 3 is 2.19 bits per heavy atom. The van der Waals surface area contributed by atoms with Crippen molar-refractivity contribution in [3.8, 4) is 0 Å².